The molecule has 690 valence electrons. The number of unbranched alkanes of at least 4 members (excludes halogenated alkanes) is 1. The van der Waals surface area contributed by atoms with Crippen LogP contribution in [-0.4, -0.2) is 334 Å². The molecule has 3 aliphatic heterocycles. The number of phenolic OH excluding ortho intramolecular Hbond substituents is 1. The summed E-state index contributed by atoms with van der Waals surface area (Å²) in [7, 11) is 3.62. The Morgan fingerprint density at radius 1 is 0.520 bits per heavy atom. The van der Waals surface area contributed by atoms with E-state index in [4.69, 9.17) is 11.5 Å². The summed E-state index contributed by atoms with van der Waals surface area (Å²) in [6.45, 7) is 0.0559. The predicted molar refractivity (Wildman–Crippen MR) is 455 cm³/mol. The number of likely N-dealkylation sites (N-methyl/N-ethyl adjacent to an activating group) is 3. The molecule has 0 bridgehead atoms. The SMILES string of the molecule is CCCC[C@H]1C(=O)N[C@@H](CC(N)=O)C(=O)N2CCC[C@H]2C(=O)N[C@@H](CO)C(=O)N[C@@H](CCO)C(=O)N2C[C@H](O)C[C@H]2C(=O)N[C@@H](Cc2c[nH]c3ccccc23)C(=O)N[C@@H](CCO)C(=O)N[C@@H](Cc2c[nH]c3ccccc23)C(=O)N(C)[C@@H](C)C(=O)N(C)[C@@H](C)C(=O)N[C@@H](CCC(=O)O)C(=O)NC(C(=O)NCC(N)=O)CSCC(=O)N[C@@H](Cc2ccc(O)cc2)C(=O)N1C. The van der Waals surface area contributed by atoms with Gasteiger partial charge in [-0.2, -0.15) is 0 Å². The molecule has 0 radical (unpaired) electrons. The number of aromatic nitrogens is 2. The summed E-state index contributed by atoms with van der Waals surface area (Å²) in [5, 5.41) is 89.1. The molecule has 1 unspecified atom stereocenters. The molecule has 43 nitrogen and oxygen atoms in total. The fraction of sp³-hybridized carbons (Fsp3) is 0.518. The Kier molecular flexibility index (Phi) is 36.8. The largest absolute Gasteiger partial charge is 0.508 e. The molecule has 17 amide bonds. The molecular weight excluding hydrogens is 1680 g/mol. The molecule has 15 atom stereocenters. The summed E-state index contributed by atoms with van der Waals surface area (Å²) in [6, 6.07) is -3.96. The highest BCUT2D eigenvalue weighted by Gasteiger charge is 2.46. The highest BCUT2D eigenvalue weighted by Crippen LogP contribution is 2.27. The van der Waals surface area contributed by atoms with Crippen molar-refractivity contribution in [2.24, 2.45) is 11.5 Å². The fourth-order valence-electron chi connectivity index (χ4n) is 15.2. The van der Waals surface area contributed by atoms with Crippen LogP contribution >= 0.6 is 11.8 Å². The molecule has 3 fully saturated rings. The van der Waals surface area contributed by atoms with E-state index in [9.17, 15) is 103 Å². The number of nitrogens with zero attached hydrogens (tertiary/aromatic N) is 5. The Morgan fingerprint density at radius 3 is 1.64 bits per heavy atom. The number of benzene rings is 3. The zero-order chi connectivity index (χ0) is 93.2. The van der Waals surface area contributed by atoms with Crippen molar-refractivity contribution in [2.75, 3.05) is 72.1 Å². The highest BCUT2D eigenvalue weighted by molar-refractivity contribution is 8.00. The molecule has 0 saturated carbocycles. The van der Waals surface area contributed by atoms with Gasteiger partial charge in [0.05, 0.1) is 31.4 Å². The van der Waals surface area contributed by atoms with E-state index in [0.29, 0.717) is 56.7 Å². The monoisotopic (exact) mass is 1790 g/mol. The van der Waals surface area contributed by atoms with Crippen molar-refractivity contribution < 1.29 is 117 Å². The van der Waals surface area contributed by atoms with E-state index in [-0.39, 0.29) is 57.2 Å². The van der Waals surface area contributed by atoms with Crippen LogP contribution in [0.5, 0.6) is 5.75 Å². The first-order valence-corrected chi connectivity index (χ1v) is 42.7. The molecule has 3 aromatic carbocycles. The molecule has 3 saturated heterocycles. The van der Waals surface area contributed by atoms with E-state index in [1.807, 2.05) is 0 Å². The number of aliphatic hydroxyl groups is 4. The lowest BCUT2D eigenvalue weighted by atomic mass is 10.0. The van der Waals surface area contributed by atoms with Gasteiger partial charge in [-0.05, 0) is 93.3 Å². The van der Waals surface area contributed by atoms with Crippen molar-refractivity contribution >= 4 is 140 Å². The maximum absolute atomic E-state index is 15.2. The normalized spacial score (nSPS) is 25.6. The number of carbonyl (C=O) groups is 18. The van der Waals surface area contributed by atoms with E-state index in [2.05, 4.69) is 63.1 Å². The number of aromatic amines is 2. The van der Waals surface area contributed by atoms with Crippen molar-refractivity contribution in [3.63, 3.8) is 0 Å². The number of hydrogen-bond donors (Lipinski definition) is 20. The number of carbonyl (C=O) groups excluding carboxylic acids is 17. The Balaban J connectivity index is 1.16. The number of nitrogens with two attached hydrogens (primary N) is 2. The number of hydrogen-bond acceptors (Lipinski definition) is 24. The molecular formula is C83H113N19O24S. The van der Waals surface area contributed by atoms with Crippen molar-refractivity contribution in [1.29, 1.82) is 0 Å². The van der Waals surface area contributed by atoms with Gasteiger partial charge in [-0.25, -0.2) is 0 Å². The average Bonchev–Trinajstić information content (AvgIpc) is 1.71. The van der Waals surface area contributed by atoms with E-state index in [1.54, 1.807) is 67.8 Å². The second kappa shape index (κ2) is 47.0. The first kappa shape index (κ1) is 99.6. The summed E-state index contributed by atoms with van der Waals surface area (Å²) in [4.78, 5) is 268. The van der Waals surface area contributed by atoms with Crippen molar-refractivity contribution in [2.45, 2.75) is 201 Å². The third-order valence-electron chi connectivity index (χ3n) is 22.5. The van der Waals surface area contributed by atoms with Gasteiger partial charge in [0, 0.05) is 120 Å². The number of phenols is 1. The van der Waals surface area contributed by atoms with Crippen LogP contribution in [0.15, 0.2) is 85.2 Å². The maximum atomic E-state index is 15.2. The number of aromatic hydroxyl groups is 1. The first-order chi connectivity index (χ1) is 60.4. The number of aliphatic hydroxyl groups excluding tert-OH is 4. The number of carboxylic acid groups (broad SMARTS) is 1. The number of amides is 17. The number of carboxylic acids is 1. The average molecular weight is 1790 g/mol. The lowest BCUT2D eigenvalue weighted by Gasteiger charge is -2.34. The summed E-state index contributed by atoms with van der Waals surface area (Å²) >= 11 is 0.691. The van der Waals surface area contributed by atoms with Crippen LogP contribution < -0.4 is 64.6 Å². The Morgan fingerprint density at radius 2 is 1.03 bits per heavy atom. The van der Waals surface area contributed by atoms with Crippen LogP contribution in [0.1, 0.15) is 108 Å². The molecule has 8 rings (SSSR count). The zero-order valence-electron chi connectivity index (χ0n) is 71.1. The van der Waals surface area contributed by atoms with Gasteiger partial charge < -0.3 is 130 Å². The van der Waals surface area contributed by atoms with Crippen LogP contribution in [0, 0.1) is 0 Å². The zero-order valence-corrected chi connectivity index (χ0v) is 71.9. The van der Waals surface area contributed by atoms with Gasteiger partial charge >= 0.3 is 5.97 Å². The van der Waals surface area contributed by atoms with Gasteiger partial charge in [0.1, 0.15) is 90.3 Å². The number of H-pyrrole nitrogens is 2. The minimum atomic E-state index is -1.91. The molecule has 5 aromatic rings. The number of aliphatic carboxylic acids is 1. The van der Waals surface area contributed by atoms with Gasteiger partial charge in [-0.3, -0.25) is 86.3 Å². The molecule has 22 N–H and O–H groups in total. The molecule has 44 heteroatoms. The van der Waals surface area contributed by atoms with Gasteiger partial charge in [-0.1, -0.05) is 68.3 Å². The molecule has 2 aromatic heterocycles. The van der Waals surface area contributed by atoms with E-state index < -0.39 is 280 Å². The number of para-hydroxylation sites is 2. The van der Waals surface area contributed by atoms with E-state index >= 15 is 14.4 Å². The smallest absolute Gasteiger partial charge is 0.303 e. The first-order valence-electron chi connectivity index (χ1n) is 41.5. The number of thioether (sulfide) groups is 1. The van der Waals surface area contributed by atoms with Crippen LogP contribution in [0.2, 0.25) is 0 Å². The third kappa shape index (κ3) is 27.1. The van der Waals surface area contributed by atoms with Crippen LogP contribution in [-0.2, 0) is 106 Å². The standard InChI is InChI=1S/C83H113N19O24S/c1-7-8-18-63-76(119)95-60(35-66(84)108)83(126)101-28-13-19-64(101)77(120)96-61(40-105)75(118)92-56(27-30-104)82(125)102-39-49(107)34-65(102)78(121)93-57(32-46-36-86-52-16-11-9-14-50(46)52)74(117)91-55(26-29-103)73(116)94-59(33-47-37-87-53-17-12-10-15-51(47)53)80(123)99(5)44(3)79(122)98(4)43(2)70(113)90-54(24-25-69(111)112)72(115)97-62(71(114)88-38-67(85)109)41-127-42-68(110)89-58(81(124)100(63)6)31-45-20-22-48(106)23-21-45/h9-12,14-17,20-23,36-37,43-44,49,54-65,86-87,103-107H,7-8,13,18-19,24-35,38-42H2,1-6H3,(H2,84,108)(H2,85,109)(H,88,114)(H,89,110)(H,90,113)(H,91,117)(H,92,118)(H,93,121)(H,94,116)(H,95,119)(H,96,120)(H,97,115)(H,111,112)/t43-,44-,49+,54-,55-,56-,57-,58-,59-,60-,61-,62?,63-,64-,65-/m0/s1. The lowest BCUT2D eigenvalue weighted by Crippen LogP contribution is -2.61. The molecule has 127 heavy (non-hydrogen) atoms. The van der Waals surface area contributed by atoms with Crippen LogP contribution in [0.25, 0.3) is 21.8 Å². The Hall–Kier alpha value is -12.8. The topological polar surface area (TPSA) is 649 Å². The maximum Gasteiger partial charge on any atom is 0.303 e. The predicted octanol–water partition coefficient (Wildman–Crippen LogP) is -5.74. The summed E-state index contributed by atoms with van der Waals surface area (Å²) in [5.74, 6) is -20.4. The van der Waals surface area contributed by atoms with Gasteiger partial charge in [0.15, 0.2) is 0 Å². The Labute approximate surface area is 733 Å². The van der Waals surface area contributed by atoms with Gasteiger partial charge in [-0.15, -0.1) is 11.8 Å². The number of primary amides is 2. The number of rotatable bonds is 22. The van der Waals surface area contributed by atoms with Gasteiger partial charge in [0.25, 0.3) is 0 Å². The summed E-state index contributed by atoms with van der Waals surface area (Å²) in [6.07, 6.45) is -2.44. The minimum Gasteiger partial charge on any atom is -0.508 e. The highest BCUT2D eigenvalue weighted by atomic mass is 32.2. The summed E-state index contributed by atoms with van der Waals surface area (Å²) < 4.78 is 0. The lowest BCUT2D eigenvalue weighted by molar-refractivity contribution is -0.148. The number of fused-ring (bicyclic) bond motifs is 4. The van der Waals surface area contributed by atoms with Crippen molar-refractivity contribution in [3.05, 3.63) is 102 Å². The minimum absolute atomic E-state index is 0.0938. The summed E-state index contributed by atoms with van der Waals surface area (Å²) in [5.41, 5.74) is 13.5. The second-order valence-electron chi connectivity index (χ2n) is 31.6. The third-order valence-corrected chi connectivity index (χ3v) is 23.5. The van der Waals surface area contributed by atoms with E-state index in [0.717, 1.165) is 24.5 Å². The quantitative estimate of drug-likeness (QED) is 0.0307. The molecule has 0 aliphatic carbocycles. The van der Waals surface area contributed by atoms with Crippen LogP contribution in [0.3, 0.4) is 0 Å². The van der Waals surface area contributed by atoms with Crippen LogP contribution in [0.4, 0.5) is 0 Å². The Bertz CT molecular complexity index is 4840. The van der Waals surface area contributed by atoms with E-state index in [1.165, 1.54) is 59.3 Å². The fourth-order valence-corrected chi connectivity index (χ4v) is 16.0. The van der Waals surface area contributed by atoms with Crippen molar-refractivity contribution in [3.8, 4) is 5.75 Å². The molecule has 3 aliphatic rings. The molecule has 5 heterocycles. The number of nitrogens with one attached hydrogen (secondary N) is 12. The molecule has 0 spiro atoms. The second-order valence-corrected chi connectivity index (χ2v) is 32.6. The van der Waals surface area contributed by atoms with Crippen molar-refractivity contribution in [1.82, 2.24) is 87.6 Å². The van der Waals surface area contributed by atoms with Gasteiger partial charge in [0.2, 0.25) is 100 Å².